The summed E-state index contributed by atoms with van der Waals surface area (Å²) in [6.07, 6.45) is 5.15. The van der Waals surface area contributed by atoms with Crippen molar-refractivity contribution in [3.63, 3.8) is 0 Å². The minimum atomic E-state index is 0.579. The van der Waals surface area contributed by atoms with Crippen LogP contribution < -0.4 is 0 Å². The third-order valence-electron chi connectivity index (χ3n) is 2.91. The third kappa shape index (κ3) is 2.37. The fraction of sp³-hybridized carbons (Fsp3) is 0.0667. The second-order valence-corrected chi connectivity index (χ2v) is 4.67. The molecule has 3 rings (SSSR count). The molecule has 19 heavy (non-hydrogen) atoms. The molecule has 0 amide bonds. The van der Waals surface area contributed by atoms with E-state index in [0.717, 1.165) is 22.4 Å². The maximum absolute atomic E-state index is 5.87. The Balaban J connectivity index is 2.00. The van der Waals surface area contributed by atoms with Crippen LogP contribution in [0.5, 0.6) is 0 Å². The van der Waals surface area contributed by atoms with Gasteiger partial charge in [-0.3, -0.25) is 4.98 Å². The fourth-order valence-corrected chi connectivity index (χ4v) is 1.96. The highest BCUT2D eigenvalue weighted by Gasteiger charge is 2.10. The number of hydrogen-bond acceptors (Lipinski definition) is 3. The summed E-state index contributed by atoms with van der Waals surface area (Å²) in [5.74, 6) is 0.579. The molecular formula is C15H11ClN2O. The van der Waals surface area contributed by atoms with Gasteiger partial charge in [0, 0.05) is 23.0 Å². The Labute approximate surface area is 115 Å². The summed E-state index contributed by atoms with van der Waals surface area (Å²) in [5, 5.41) is 0.704. The number of hydrogen-bond donors (Lipinski definition) is 0. The smallest absolute Gasteiger partial charge is 0.228 e. The average molecular weight is 271 g/mol. The lowest BCUT2D eigenvalue weighted by atomic mass is 10.1. The molecule has 0 aliphatic heterocycles. The Morgan fingerprint density at radius 2 is 1.89 bits per heavy atom. The highest BCUT2D eigenvalue weighted by Crippen LogP contribution is 2.26. The Morgan fingerprint density at radius 1 is 1.11 bits per heavy atom. The van der Waals surface area contributed by atoms with Gasteiger partial charge in [-0.15, -0.1) is 0 Å². The molecule has 3 nitrogen and oxygen atoms in total. The number of benzene rings is 1. The normalized spacial score (nSPS) is 10.6. The van der Waals surface area contributed by atoms with Crippen molar-refractivity contribution >= 4 is 11.6 Å². The van der Waals surface area contributed by atoms with E-state index in [2.05, 4.69) is 9.97 Å². The Kier molecular flexibility index (Phi) is 3.05. The second kappa shape index (κ2) is 4.86. The molecule has 0 saturated carbocycles. The van der Waals surface area contributed by atoms with E-state index in [1.807, 2.05) is 37.3 Å². The summed E-state index contributed by atoms with van der Waals surface area (Å²) in [6, 6.07) is 9.43. The van der Waals surface area contributed by atoms with E-state index in [1.54, 1.807) is 18.7 Å². The Morgan fingerprint density at radius 3 is 2.63 bits per heavy atom. The number of nitrogens with zero attached hydrogens (tertiary/aromatic N) is 2. The molecule has 3 aromatic rings. The van der Waals surface area contributed by atoms with E-state index < -0.39 is 0 Å². The monoisotopic (exact) mass is 270 g/mol. The van der Waals surface area contributed by atoms with Crippen LogP contribution in [0.25, 0.3) is 22.7 Å². The number of halogens is 1. The number of oxazole rings is 1. The highest BCUT2D eigenvalue weighted by molar-refractivity contribution is 6.30. The number of pyridine rings is 1. The molecule has 0 saturated heterocycles. The van der Waals surface area contributed by atoms with Crippen LogP contribution in [0.15, 0.2) is 53.4 Å². The average Bonchev–Trinajstić information content (AvgIpc) is 2.89. The van der Waals surface area contributed by atoms with Crippen molar-refractivity contribution in [1.82, 2.24) is 9.97 Å². The quantitative estimate of drug-likeness (QED) is 0.694. The molecule has 94 valence electrons. The van der Waals surface area contributed by atoms with E-state index >= 15 is 0 Å². The first-order valence-electron chi connectivity index (χ1n) is 5.86. The van der Waals surface area contributed by atoms with Crippen LogP contribution in [0.1, 0.15) is 5.56 Å². The van der Waals surface area contributed by atoms with Crippen LogP contribution in [0.2, 0.25) is 5.02 Å². The van der Waals surface area contributed by atoms with Gasteiger partial charge in [-0.05, 0) is 30.7 Å². The Bertz CT molecular complexity index is 704. The zero-order valence-corrected chi connectivity index (χ0v) is 11.1. The first-order chi connectivity index (χ1) is 9.24. The number of rotatable bonds is 2. The minimum absolute atomic E-state index is 0.579. The van der Waals surface area contributed by atoms with Crippen molar-refractivity contribution in [1.29, 1.82) is 0 Å². The van der Waals surface area contributed by atoms with Gasteiger partial charge in [0.2, 0.25) is 5.89 Å². The van der Waals surface area contributed by atoms with E-state index in [9.17, 15) is 0 Å². The van der Waals surface area contributed by atoms with Crippen molar-refractivity contribution in [2.45, 2.75) is 6.92 Å². The van der Waals surface area contributed by atoms with Gasteiger partial charge in [0.25, 0.3) is 0 Å². The maximum Gasteiger partial charge on any atom is 0.228 e. The molecule has 0 N–H and O–H groups in total. The topological polar surface area (TPSA) is 38.9 Å². The first-order valence-corrected chi connectivity index (χ1v) is 6.24. The van der Waals surface area contributed by atoms with Crippen molar-refractivity contribution in [3.8, 4) is 22.7 Å². The van der Waals surface area contributed by atoms with Crippen molar-refractivity contribution in [2.24, 2.45) is 0 Å². The minimum Gasteiger partial charge on any atom is -0.444 e. The zero-order valence-electron chi connectivity index (χ0n) is 10.3. The Hall–Kier alpha value is -2.13. The second-order valence-electron chi connectivity index (χ2n) is 4.24. The molecule has 0 bridgehead atoms. The van der Waals surface area contributed by atoms with Crippen LogP contribution in [0.3, 0.4) is 0 Å². The van der Waals surface area contributed by atoms with E-state index in [0.29, 0.717) is 10.9 Å². The van der Waals surface area contributed by atoms with Gasteiger partial charge in [0.1, 0.15) is 12.0 Å². The zero-order chi connectivity index (χ0) is 13.2. The summed E-state index contributed by atoms with van der Waals surface area (Å²) in [5.41, 5.74) is 3.75. The molecule has 0 aliphatic carbocycles. The van der Waals surface area contributed by atoms with E-state index in [4.69, 9.17) is 16.0 Å². The molecular weight excluding hydrogens is 260 g/mol. The van der Waals surface area contributed by atoms with Crippen molar-refractivity contribution < 1.29 is 4.42 Å². The summed E-state index contributed by atoms with van der Waals surface area (Å²) in [6.45, 7) is 2.00. The summed E-state index contributed by atoms with van der Waals surface area (Å²) >= 11 is 5.87. The van der Waals surface area contributed by atoms with Gasteiger partial charge in [0.15, 0.2) is 0 Å². The van der Waals surface area contributed by atoms with Crippen LogP contribution in [-0.4, -0.2) is 9.97 Å². The van der Waals surface area contributed by atoms with Crippen LogP contribution in [0, 0.1) is 6.92 Å². The van der Waals surface area contributed by atoms with E-state index in [-0.39, 0.29) is 0 Å². The van der Waals surface area contributed by atoms with Gasteiger partial charge in [0.05, 0.1) is 5.56 Å². The van der Waals surface area contributed by atoms with Crippen molar-refractivity contribution in [2.75, 3.05) is 0 Å². The summed E-state index contributed by atoms with van der Waals surface area (Å²) in [4.78, 5) is 8.59. The molecule has 2 heterocycles. The van der Waals surface area contributed by atoms with Gasteiger partial charge in [-0.25, -0.2) is 4.98 Å². The standard InChI is InChI=1S/C15H11ClN2O/c1-10-6-7-17-8-13(10)15-18-14(9-19-15)11-2-4-12(16)5-3-11/h2-9H,1H3. The molecule has 0 radical (unpaired) electrons. The predicted octanol–water partition coefficient (Wildman–Crippen LogP) is 4.37. The highest BCUT2D eigenvalue weighted by atomic mass is 35.5. The maximum atomic E-state index is 5.87. The van der Waals surface area contributed by atoms with Crippen molar-refractivity contribution in [3.05, 3.63) is 59.6 Å². The first kappa shape index (κ1) is 11.9. The van der Waals surface area contributed by atoms with E-state index in [1.165, 1.54) is 0 Å². The lowest BCUT2D eigenvalue weighted by molar-refractivity contribution is 0.574. The molecule has 0 unspecified atom stereocenters. The van der Waals surface area contributed by atoms with Crippen LogP contribution in [0.4, 0.5) is 0 Å². The summed E-state index contributed by atoms with van der Waals surface area (Å²) < 4.78 is 5.53. The molecule has 0 spiro atoms. The third-order valence-corrected chi connectivity index (χ3v) is 3.17. The molecule has 0 atom stereocenters. The van der Waals surface area contributed by atoms with Crippen LogP contribution >= 0.6 is 11.6 Å². The van der Waals surface area contributed by atoms with Gasteiger partial charge < -0.3 is 4.42 Å². The predicted molar refractivity (Wildman–Crippen MR) is 74.9 cm³/mol. The molecule has 4 heteroatoms. The lowest BCUT2D eigenvalue weighted by Crippen LogP contribution is -1.85. The fourth-order valence-electron chi connectivity index (χ4n) is 1.84. The van der Waals surface area contributed by atoms with Gasteiger partial charge >= 0.3 is 0 Å². The molecule has 2 aromatic heterocycles. The SMILES string of the molecule is Cc1ccncc1-c1nc(-c2ccc(Cl)cc2)co1. The van der Waals surface area contributed by atoms with Crippen LogP contribution in [-0.2, 0) is 0 Å². The molecule has 0 aliphatic rings. The van der Waals surface area contributed by atoms with Gasteiger partial charge in [-0.1, -0.05) is 23.7 Å². The van der Waals surface area contributed by atoms with Gasteiger partial charge in [-0.2, -0.15) is 0 Å². The molecule has 0 fully saturated rings. The number of aromatic nitrogens is 2. The molecule has 1 aromatic carbocycles. The lowest BCUT2D eigenvalue weighted by Gasteiger charge is -1.98. The summed E-state index contributed by atoms with van der Waals surface area (Å²) in [7, 11) is 0. The largest absolute Gasteiger partial charge is 0.444 e. The number of aryl methyl sites for hydroxylation is 1.